The zero-order valence-corrected chi connectivity index (χ0v) is 13.1. The van der Waals surface area contributed by atoms with Crippen molar-refractivity contribution < 1.29 is 19.4 Å². The van der Waals surface area contributed by atoms with Gasteiger partial charge in [-0.15, -0.1) is 0 Å². The maximum Gasteiger partial charge on any atom is 0.335 e. The highest BCUT2D eigenvalue weighted by molar-refractivity contribution is 5.95. The lowest BCUT2D eigenvalue weighted by atomic mass is 9.96. The number of nitrogens with one attached hydrogen (secondary N) is 1. The molecule has 1 saturated carbocycles. The van der Waals surface area contributed by atoms with Crippen molar-refractivity contribution in [2.75, 3.05) is 0 Å². The second kappa shape index (κ2) is 7.12. The van der Waals surface area contributed by atoms with Crippen molar-refractivity contribution in [3.05, 3.63) is 59.4 Å². The first-order chi connectivity index (χ1) is 11.6. The number of aromatic carboxylic acids is 1. The highest BCUT2D eigenvalue weighted by Gasteiger charge is 2.20. The summed E-state index contributed by atoms with van der Waals surface area (Å²) < 4.78 is 5.93. The molecule has 1 aliphatic carbocycles. The monoisotopic (exact) mass is 326 g/mol. The van der Waals surface area contributed by atoms with Crippen molar-refractivity contribution >= 4 is 11.9 Å². The SMILES string of the molecule is O=C(O)c1ccnc(C(=O)NCc2ccccc2OC2CCC2)c1. The summed E-state index contributed by atoms with van der Waals surface area (Å²) in [6.07, 6.45) is 4.89. The van der Waals surface area contributed by atoms with Gasteiger partial charge in [-0.3, -0.25) is 9.78 Å². The number of rotatable bonds is 6. The van der Waals surface area contributed by atoms with Crippen molar-refractivity contribution in [1.29, 1.82) is 0 Å². The number of hydrogen-bond acceptors (Lipinski definition) is 4. The van der Waals surface area contributed by atoms with Gasteiger partial charge in [0, 0.05) is 18.3 Å². The van der Waals surface area contributed by atoms with Gasteiger partial charge in [0.15, 0.2) is 0 Å². The zero-order valence-electron chi connectivity index (χ0n) is 13.1. The Kier molecular flexibility index (Phi) is 4.74. The third-order valence-corrected chi connectivity index (χ3v) is 4.00. The van der Waals surface area contributed by atoms with Crippen LogP contribution in [0, 0.1) is 0 Å². The van der Waals surface area contributed by atoms with Crippen molar-refractivity contribution in [2.24, 2.45) is 0 Å². The number of amides is 1. The Morgan fingerprint density at radius 3 is 2.75 bits per heavy atom. The number of carbonyl (C=O) groups is 2. The Bertz CT molecular complexity index is 756. The standard InChI is InChI=1S/C18H18N2O4/c21-17(15-10-12(18(22)23)8-9-19-15)20-11-13-4-1-2-7-16(13)24-14-5-3-6-14/h1-2,4,7-10,14H,3,5-6,11H2,(H,20,21)(H,22,23). The van der Waals surface area contributed by atoms with E-state index in [1.54, 1.807) is 0 Å². The van der Waals surface area contributed by atoms with Crippen molar-refractivity contribution in [2.45, 2.75) is 31.9 Å². The zero-order chi connectivity index (χ0) is 16.9. The molecule has 0 spiro atoms. The molecule has 124 valence electrons. The van der Waals surface area contributed by atoms with Crippen LogP contribution in [0.5, 0.6) is 5.75 Å². The van der Waals surface area contributed by atoms with Crippen LogP contribution in [0.2, 0.25) is 0 Å². The molecular weight excluding hydrogens is 308 g/mol. The van der Waals surface area contributed by atoms with Crippen LogP contribution < -0.4 is 10.1 Å². The van der Waals surface area contributed by atoms with Gasteiger partial charge in [0.25, 0.3) is 5.91 Å². The summed E-state index contributed by atoms with van der Waals surface area (Å²) in [5.41, 5.74) is 0.989. The number of para-hydroxylation sites is 1. The summed E-state index contributed by atoms with van der Waals surface area (Å²) in [6, 6.07) is 10.2. The number of hydrogen-bond donors (Lipinski definition) is 2. The summed E-state index contributed by atoms with van der Waals surface area (Å²) in [7, 11) is 0. The third-order valence-electron chi connectivity index (χ3n) is 4.00. The van der Waals surface area contributed by atoms with E-state index in [-0.39, 0.29) is 17.4 Å². The Labute approximate surface area is 139 Å². The topological polar surface area (TPSA) is 88.5 Å². The van der Waals surface area contributed by atoms with E-state index in [0.29, 0.717) is 6.54 Å². The number of pyridine rings is 1. The van der Waals surface area contributed by atoms with Gasteiger partial charge < -0.3 is 15.2 Å². The van der Waals surface area contributed by atoms with Gasteiger partial charge in [-0.1, -0.05) is 18.2 Å². The molecule has 3 rings (SSSR count). The molecule has 6 nitrogen and oxygen atoms in total. The number of carboxylic acids is 1. The smallest absolute Gasteiger partial charge is 0.335 e. The molecule has 0 aliphatic heterocycles. The van der Waals surface area contributed by atoms with Crippen LogP contribution in [0.1, 0.15) is 45.7 Å². The Balaban J connectivity index is 1.66. The van der Waals surface area contributed by atoms with Crippen molar-refractivity contribution in [3.8, 4) is 5.75 Å². The Morgan fingerprint density at radius 1 is 1.25 bits per heavy atom. The molecular formula is C18H18N2O4. The summed E-state index contributed by atoms with van der Waals surface area (Å²) in [6.45, 7) is 0.292. The predicted molar refractivity (Wildman–Crippen MR) is 87.1 cm³/mol. The maximum absolute atomic E-state index is 12.2. The van der Waals surface area contributed by atoms with E-state index in [1.807, 2.05) is 24.3 Å². The number of carboxylic acid groups (broad SMARTS) is 1. The van der Waals surface area contributed by atoms with Crippen molar-refractivity contribution in [3.63, 3.8) is 0 Å². The second-order valence-electron chi connectivity index (χ2n) is 5.70. The molecule has 1 amide bonds. The summed E-state index contributed by atoms with van der Waals surface area (Å²) in [5, 5.41) is 11.7. The summed E-state index contributed by atoms with van der Waals surface area (Å²) in [5.74, 6) is -0.739. The van der Waals surface area contributed by atoms with Gasteiger partial charge in [0.1, 0.15) is 11.4 Å². The minimum absolute atomic E-state index is 0.0314. The number of aromatic nitrogens is 1. The van der Waals surface area contributed by atoms with Gasteiger partial charge in [0.05, 0.1) is 11.7 Å². The average molecular weight is 326 g/mol. The molecule has 6 heteroatoms. The number of carbonyl (C=O) groups excluding carboxylic acids is 1. The molecule has 0 saturated heterocycles. The highest BCUT2D eigenvalue weighted by Crippen LogP contribution is 2.27. The molecule has 1 heterocycles. The van der Waals surface area contributed by atoms with Crippen LogP contribution in [0.3, 0.4) is 0 Å². The lowest BCUT2D eigenvalue weighted by Gasteiger charge is -2.27. The fraction of sp³-hybridized carbons (Fsp3) is 0.278. The molecule has 0 bridgehead atoms. The minimum atomic E-state index is -1.09. The summed E-state index contributed by atoms with van der Waals surface area (Å²) >= 11 is 0. The van der Waals surface area contributed by atoms with Gasteiger partial charge in [-0.25, -0.2) is 4.79 Å². The van der Waals surface area contributed by atoms with Gasteiger partial charge in [-0.05, 0) is 37.5 Å². The van der Waals surface area contributed by atoms with Crippen LogP contribution in [0.4, 0.5) is 0 Å². The van der Waals surface area contributed by atoms with E-state index < -0.39 is 11.9 Å². The number of benzene rings is 1. The molecule has 2 N–H and O–H groups in total. The van der Waals surface area contributed by atoms with E-state index in [9.17, 15) is 9.59 Å². The molecule has 0 radical (unpaired) electrons. The van der Waals surface area contributed by atoms with E-state index in [4.69, 9.17) is 9.84 Å². The van der Waals surface area contributed by atoms with E-state index >= 15 is 0 Å². The van der Waals surface area contributed by atoms with Gasteiger partial charge in [0.2, 0.25) is 0 Å². The van der Waals surface area contributed by atoms with E-state index in [2.05, 4.69) is 10.3 Å². The molecule has 1 aliphatic rings. The van der Waals surface area contributed by atoms with E-state index in [0.717, 1.165) is 24.2 Å². The lowest BCUT2D eigenvalue weighted by Crippen LogP contribution is -2.27. The molecule has 1 fully saturated rings. The largest absolute Gasteiger partial charge is 0.490 e. The van der Waals surface area contributed by atoms with Crippen LogP contribution >= 0.6 is 0 Å². The molecule has 24 heavy (non-hydrogen) atoms. The van der Waals surface area contributed by atoms with Crippen LogP contribution in [-0.2, 0) is 6.54 Å². The second-order valence-corrected chi connectivity index (χ2v) is 5.70. The van der Waals surface area contributed by atoms with Crippen LogP contribution in [0.25, 0.3) is 0 Å². The number of ether oxygens (including phenoxy) is 1. The molecule has 1 aromatic carbocycles. The normalized spacial score (nSPS) is 13.8. The van der Waals surface area contributed by atoms with E-state index in [1.165, 1.54) is 24.8 Å². The van der Waals surface area contributed by atoms with Gasteiger partial charge >= 0.3 is 5.97 Å². The maximum atomic E-state index is 12.2. The first-order valence-corrected chi connectivity index (χ1v) is 7.85. The first-order valence-electron chi connectivity index (χ1n) is 7.85. The van der Waals surface area contributed by atoms with Crippen molar-refractivity contribution in [1.82, 2.24) is 10.3 Å². The van der Waals surface area contributed by atoms with Crippen LogP contribution in [0.15, 0.2) is 42.6 Å². The molecule has 0 unspecified atom stereocenters. The quantitative estimate of drug-likeness (QED) is 0.852. The molecule has 2 aromatic rings. The minimum Gasteiger partial charge on any atom is -0.490 e. The summed E-state index contributed by atoms with van der Waals surface area (Å²) in [4.78, 5) is 27.1. The van der Waals surface area contributed by atoms with Gasteiger partial charge in [-0.2, -0.15) is 0 Å². The first kappa shape index (κ1) is 16.0. The Hall–Kier alpha value is -2.89. The fourth-order valence-corrected chi connectivity index (χ4v) is 2.39. The molecule has 1 aromatic heterocycles. The molecule has 0 atom stereocenters. The average Bonchev–Trinajstić information content (AvgIpc) is 2.57. The predicted octanol–water partition coefficient (Wildman–Crippen LogP) is 2.64. The Morgan fingerprint density at radius 2 is 2.04 bits per heavy atom. The lowest BCUT2D eigenvalue weighted by molar-refractivity contribution is 0.0696. The fourth-order valence-electron chi connectivity index (χ4n) is 2.39. The highest BCUT2D eigenvalue weighted by atomic mass is 16.5. The van der Waals surface area contributed by atoms with Crippen LogP contribution in [-0.4, -0.2) is 28.1 Å². The number of nitrogens with zero attached hydrogens (tertiary/aromatic N) is 1. The third kappa shape index (κ3) is 3.71.